The summed E-state index contributed by atoms with van der Waals surface area (Å²) in [5, 5.41) is 0. The van der Waals surface area contributed by atoms with Gasteiger partial charge in [-0.25, -0.2) is 0 Å². The van der Waals surface area contributed by atoms with Crippen molar-refractivity contribution in [3.63, 3.8) is 0 Å². The molecule has 0 aliphatic carbocycles. The number of likely N-dealkylation sites (N-methyl/N-ethyl adjacent to an activating group) is 1. The molecule has 2 rings (SSSR count). The van der Waals surface area contributed by atoms with Crippen molar-refractivity contribution in [2.24, 2.45) is 5.73 Å². The third-order valence-corrected chi connectivity index (χ3v) is 4.59. The third kappa shape index (κ3) is 3.61. The minimum Gasteiger partial charge on any atom is -0.342 e. The van der Waals surface area contributed by atoms with E-state index in [9.17, 15) is 14.4 Å². The number of carbonyl (C=O) groups is 3. The second-order valence-corrected chi connectivity index (χ2v) is 6.56. The number of hydrogen-bond donors (Lipinski definition) is 1. The maximum atomic E-state index is 12.3. The molecule has 0 radical (unpaired) electrons. The van der Waals surface area contributed by atoms with Crippen LogP contribution in [0.3, 0.4) is 0 Å². The molecule has 1 unspecified atom stereocenters. The molecule has 1 heterocycles. The van der Waals surface area contributed by atoms with E-state index in [1.807, 2.05) is 6.92 Å². The summed E-state index contributed by atoms with van der Waals surface area (Å²) in [6.07, 6.45) is 0.713. The van der Waals surface area contributed by atoms with Gasteiger partial charge in [-0.3, -0.25) is 19.3 Å². The van der Waals surface area contributed by atoms with Crippen LogP contribution in [0.2, 0.25) is 0 Å². The highest BCUT2D eigenvalue weighted by molar-refractivity contribution is 9.10. The van der Waals surface area contributed by atoms with Crippen LogP contribution in [0.1, 0.15) is 40.5 Å². The lowest BCUT2D eigenvalue weighted by Gasteiger charge is -2.24. The number of carbonyl (C=O) groups excluding carboxylic acids is 3. The van der Waals surface area contributed by atoms with E-state index >= 15 is 0 Å². The molecular weight excluding hydrogens is 362 g/mol. The zero-order chi connectivity index (χ0) is 17.1. The number of halogens is 1. The SMILES string of the molecule is CC(CN)N(C)C(=O)CCCN1C(=O)c2ccc(Br)cc2C1=O. The molecule has 7 heteroatoms. The van der Waals surface area contributed by atoms with Gasteiger partial charge in [-0.15, -0.1) is 0 Å². The maximum absolute atomic E-state index is 12.3. The van der Waals surface area contributed by atoms with Crippen molar-refractivity contribution in [2.45, 2.75) is 25.8 Å². The normalized spacial score (nSPS) is 14.9. The molecule has 1 aliphatic rings. The molecule has 1 aromatic carbocycles. The Morgan fingerprint density at radius 1 is 1.30 bits per heavy atom. The minimum absolute atomic E-state index is 0.0286. The number of benzene rings is 1. The van der Waals surface area contributed by atoms with Gasteiger partial charge in [-0.05, 0) is 31.5 Å². The van der Waals surface area contributed by atoms with Crippen LogP contribution in [0.15, 0.2) is 22.7 Å². The summed E-state index contributed by atoms with van der Waals surface area (Å²) in [6, 6.07) is 5.00. The molecule has 6 nitrogen and oxygen atoms in total. The van der Waals surface area contributed by atoms with Crippen LogP contribution in [0.5, 0.6) is 0 Å². The van der Waals surface area contributed by atoms with Gasteiger partial charge in [-0.1, -0.05) is 15.9 Å². The minimum atomic E-state index is -0.303. The lowest BCUT2D eigenvalue weighted by molar-refractivity contribution is -0.131. The van der Waals surface area contributed by atoms with Crippen LogP contribution in [0.25, 0.3) is 0 Å². The molecule has 1 aromatic rings. The Labute approximate surface area is 143 Å². The largest absolute Gasteiger partial charge is 0.342 e. The standard InChI is InChI=1S/C16H20BrN3O3/c1-10(9-18)19(2)14(21)4-3-7-20-15(22)12-6-5-11(17)8-13(12)16(20)23/h5-6,8,10H,3-4,7,9,18H2,1-2H3. The van der Waals surface area contributed by atoms with Gasteiger partial charge in [0, 0.05) is 37.1 Å². The zero-order valence-corrected chi connectivity index (χ0v) is 14.8. The molecule has 3 amide bonds. The van der Waals surface area contributed by atoms with E-state index in [4.69, 9.17) is 5.73 Å². The highest BCUT2D eigenvalue weighted by Crippen LogP contribution is 2.26. The Kier molecular flexibility index (Phi) is 5.54. The van der Waals surface area contributed by atoms with Crippen molar-refractivity contribution < 1.29 is 14.4 Å². The summed E-state index contributed by atoms with van der Waals surface area (Å²) >= 11 is 3.30. The molecule has 0 saturated heterocycles. The quantitative estimate of drug-likeness (QED) is 0.758. The second kappa shape index (κ2) is 7.23. The molecule has 0 spiro atoms. The van der Waals surface area contributed by atoms with Gasteiger partial charge in [-0.2, -0.15) is 0 Å². The van der Waals surface area contributed by atoms with Crippen LogP contribution in [-0.4, -0.2) is 53.7 Å². The highest BCUT2D eigenvalue weighted by atomic mass is 79.9. The number of fused-ring (bicyclic) bond motifs is 1. The summed E-state index contributed by atoms with van der Waals surface area (Å²) in [6.45, 7) is 2.51. The van der Waals surface area contributed by atoms with Crippen molar-refractivity contribution in [3.05, 3.63) is 33.8 Å². The molecule has 1 aliphatic heterocycles. The first-order valence-corrected chi connectivity index (χ1v) is 8.27. The number of amides is 3. The van der Waals surface area contributed by atoms with Crippen LogP contribution in [-0.2, 0) is 4.79 Å². The van der Waals surface area contributed by atoms with E-state index in [-0.39, 0.29) is 36.7 Å². The first-order valence-electron chi connectivity index (χ1n) is 7.48. The van der Waals surface area contributed by atoms with Gasteiger partial charge < -0.3 is 10.6 Å². The molecule has 0 fully saturated rings. The molecule has 0 aromatic heterocycles. The van der Waals surface area contributed by atoms with Gasteiger partial charge in [0.25, 0.3) is 11.8 Å². The summed E-state index contributed by atoms with van der Waals surface area (Å²) in [4.78, 5) is 39.4. The Morgan fingerprint density at radius 2 is 1.96 bits per heavy atom. The van der Waals surface area contributed by atoms with Crippen molar-refractivity contribution in [1.82, 2.24) is 9.80 Å². The van der Waals surface area contributed by atoms with Crippen molar-refractivity contribution in [3.8, 4) is 0 Å². The van der Waals surface area contributed by atoms with Gasteiger partial charge in [0.05, 0.1) is 11.1 Å². The van der Waals surface area contributed by atoms with E-state index in [2.05, 4.69) is 15.9 Å². The lowest BCUT2D eigenvalue weighted by atomic mass is 10.1. The van der Waals surface area contributed by atoms with Crippen molar-refractivity contribution in [2.75, 3.05) is 20.1 Å². The summed E-state index contributed by atoms with van der Waals surface area (Å²) in [5.74, 6) is -0.640. The van der Waals surface area contributed by atoms with Gasteiger partial charge in [0.1, 0.15) is 0 Å². The van der Waals surface area contributed by atoms with Crippen LogP contribution < -0.4 is 5.73 Å². The first kappa shape index (κ1) is 17.6. The summed E-state index contributed by atoms with van der Waals surface area (Å²) in [7, 11) is 1.71. The Bertz CT molecular complexity index is 647. The molecule has 0 bridgehead atoms. The molecule has 23 heavy (non-hydrogen) atoms. The zero-order valence-electron chi connectivity index (χ0n) is 13.2. The van der Waals surface area contributed by atoms with Gasteiger partial charge in [0.2, 0.25) is 5.91 Å². The van der Waals surface area contributed by atoms with E-state index in [0.29, 0.717) is 24.1 Å². The Morgan fingerprint density at radius 3 is 2.61 bits per heavy atom. The van der Waals surface area contributed by atoms with Crippen molar-refractivity contribution >= 4 is 33.7 Å². The smallest absolute Gasteiger partial charge is 0.261 e. The molecular formula is C16H20BrN3O3. The average Bonchev–Trinajstić information content (AvgIpc) is 2.77. The Balaban J connectivity index is 1.94. The van der Waals surface area contributed by atoms with E-state index in [1.54, 1.807) is 30.1 Å². The number of nitrogens with two attached hydrogens (primary N) is 1. The maximum Gasteiger partial charge on any atom is 0.261 e. The fourth-order valence-electron chi connectivity index (χ4n) is 2.43. The molecule has 1 atom stereocenters. The van der Waals surface area contributed by atoms with Gasteiger partial charge in [0.15, 0.2) is 0 Å². The van der Waals surface area contributed by atoms with Crippen LogP contribution in [0.4, 0.5) is 0 Å². The van der Waals surface area contributed by atoms with Crippen LogP contribution in [0, 0.1) is 0 Å². The second-order valence-electron chi connectivity index (χ2n) is 5.64. The molecule has 2 N–H and O–H groups in total. The third-order valence-electron chi connectivity index (χ3n) is 4.10. The number of rotatable bonds is 6. The predicted molar refractivity (Wildman–Crippen MR) is 90.0 cm³/mol. The predicted octanol–water partition coefficient (Wildman–Crippen LogP) is 1.63. The molecule has 124 valence electrons. The van der Waals surface area contributed by atoms with Crippen molar-refractivity contribution in [1.29, 1.82) is 0 Å². The monoisotopic (exact) mass is 381 g/mol. The summed E-state index contributed by atoms with van der Waals surface area (Å²) in [5.41, 5.74) is 6.36. The highest BCUT2D eigenvalue weighted by Gasteiger charge is 2.35. The fourth-order valence-corrected chi connectivity index (χ4v) is 2.80. The van der Waals surface area contributed by atoms with Crippen LogP contribution >= 0.6 is 15.9 Å². The van der Waals surface area contributed by atoms with Gasteiger partial charge >= 0.3 is 0 Å². The lowest BCUT2D eigenvalue weighted by Crippen LogP contribution is -2.40. The van der Waals surface area contributed by atoms with E-state index in [1.165, 1.54) is 4.90 Å². The number of nitrogens with zero attached hydrogens (tertiary/aromatic N) is 2. The average molecular weight is 382 g/mol. The fraction of sp³-hybridized carbons (Fsp3) is 0.438. The molecule has 0 saturated carbocycles. The summed E-state index contributed by atoms with van der Waals surface area (Å²) < 4.78 is 0.756. The van der Waals surface area contributed by atoms with E-state index < -0.39 is 0 Å². The topological polar surface area (TPSA) is 83.7 Å². The number of imide groups is 1. The first-order chi connectivity index (χ1) is 10.9. The van der Waals surface area contributed by atoms with E-state index in [0.717, 1.165) is 4.47 Å². The number of hydrogen-bond acceptors (Lipinski definition) is 4. The Hall–Kier alpha value is -1.73.